The van der Waals surface area contributed by atoms with Crippen molar-refractivity contribution in [3.63, 3.8) is 0 Å². The maximum Gasteiger partial charge on any atom is 0.255 e. The van der Waals surface area contributed by atoms with Gasteiger partial charge in [-0.15, -0.1) is 0 Å². The van der Waals surface area contributed by atoms with Gasteiger partial charge in [-0.3, -0.25) is 9.52 Å². The number of hydrogen-bond acceptors (Lipinski definition) is 5. The summed E-state index contributed by atoms with van der Waals surface area (Å²) in [6.07, 6.45) is 0.0195. The number of rotatable bonds is 6. The SMILES string of the molecule is CC1CN(c2ccc(NC(=O)c3ccc(NS(=O)(=O)C(C)C)cc3)cc2F)CC(C)O1. The van der Waals surface area contributed by atoms with Crippen LogP contribution in [-0.4, -0.2) is 44.9 Å². The topological polar surface area (TPSA) is 87.7 Å². The van der Waals surface area contributed by atoms with E-state index in [4.69, 9.17) is 4.74 Å². The summed E-state index contributed by atoms with van der Waals surface area (Å²) in [5.74, 6) is -0.837. The van der Waals surface area contributed by atoms with Crippen LogP contribution >= 0.6 is 0 Å². The van der Waals surface area contributed by atoms with Gasteiger partial charge in [0.05, 0.1) is 23.1 Å². The van der Waals surface area contributed by atoms with Crippen molar-refractivity contribution in [1.29, 1.82) is 0 Å². The molecule has 2 atom stereocenters. The van der Waals surface area contributed by atoms with E-state index in [2.05, 4.69) is 10.0 Å². The molecule has 2 aromatic rings. The molecule has 31 heavy (non-hydrogen) atoms. The molecule has 0 aliphatic carbocycles. The highest BCUT2D eigenvalue weighted by Crippen LogP contribution is 2.26. The van der Waals surface area contributed by atoms with E-state index in [0.717, 1.165) is 0 Å². The number of ether oxygens (including phenoxy) is 1. The average Bonchev–Trinajstić information content (AvgIpc) is 2.67. The third kappa shape index (κ3) is 5.74. The molecule has 2 unspecified atom stereocenters. The Hall–Kier alpha value is -2.65. The van der Waals surface area contributed by atoms with Crippen LogP contribution < -0.4 is 14.9 Å². The second-order valence-electron chi connectivity index (χ2n) is 8.06. The maximum atomic E-state index is 14.7. The van der Waals surface area contributed by atoms with Gasteiger partial charge in [0.2, 0.25) is 10.0 Å². The fourth-order valence-corrected chi connectivity index (χ4v) is 4.09. The second-order valence-corrected chi connectivity index (χ2v) is 10.3. The molecule has 7 nitrogen and oxygen atoms in total. The predicted octanol–water partition coefficient (Wildman–Crippen LogP) is 3.84. The third-order valence-electron chi connectivity index (χ3n) is 4.99. The monoisotopic (exact) mass is 449 g/mol. The summed E-state index contributed by atoms with van der Waals surface area (Å²) >= 11 is 0. The molecule has 1 aliphatic heterocycles. The first-order valence-electron chi connectivity index (χ1n) is 10.2. The zero-order valence-electron chi connectivity index (χ0n) is 18.1. The number of sulfonamides is 1. The van der Waals surface area contributed by atoms with Crippen LogP contribution in [0.5, 0.6) is 0 Å². The van der Waals surface area contributed by atoms with Gasteiger partial charge < -0.3 is 15.0 Å². The van der Waals surface area contributed by atoms with Crippen molar-refractivity contribution in [3.8, 4) is 0 Å². The highest BCUT2D eigenvalue weighted by atomic mass is 32.2. The van der Waals surface area contributed by atoms with Crippen molar-refractivity contribution < 1.29 is 22.3 Å². The first kappa shape index (κ1) is 23.0. The lowest BCUT2D eigenvalue weighted by Gasteiger charge is -2.37. The zero-order valence-corrected chi connectivity index (χ0v) is 18.9. The molecule has 2 N–H and O–H groups in total. The molecule has 0 spiro atoms. The first-order valence-corrected chi connectivity index (χ1v) is 11.7. The Labute approximate surface area is 182 Å². The van der Waals surface area contributed by atoms with Crippen molar-refractivity contribution >= 4 is 33.0 Å². The Balaban J connectivity index is 1.67. The number of halogens is 1. The van der Waals surface area contributed by atoms with Crippen LogP contribution in [0.4, 0.5) is 21.5 Å². The summed E-state index contributed by atoms with van der Waals surface area (Å²) in [5, 5.41) is 2.10. The zero-order chi connectivity index (χ0) is 22.8. The molecule has 0 saturated carbocycles. The second kappa shape index (κ2) is 9.23. The molecule has 9 heteroatoms. The summed E-state index contributed by atoms with van der Waals surface area (Å²) in [6, 6.07) is 10.6. The number of anilines is 3. The van der Waals surface area contributed by atoms with Gasteiger partial charge in [-0.25, -0.2) is 12.8 Å². The molecule has 1 aliphatic rings. The number of carbonyl (C=O) groups excluding carboxylic acids is 1. The number of nitrogens with zero attached hydrogens (tertiary/aromatic N) is 1. The Kier molecular flexibility index (Phi) is 6.86. The fourth-order valence-electron chi connectivity index (χ4n) is 3.39. The van der Waals surface area contributed by atoms with E-state index in [1.165, 1.54) is 30.3 Å². The van der Waals surface area contributed by atoms with E-state index in [9.17, 15) is 17.6 Å². The van der Waals surface area contributed by atoms with Crippen LogP contribution in [0.1, 0.15) is 38.1 Å². The summed E-state index contributed by atoms with van der Waals surface area (Å²) in [7, 11) is -3.46. The van der Waals surface area contributed by atoms with Crippen molar-refractivity contribution in [3.05, 3.63) is 53.8 Å². The highest BCUT2D eigenvalue weighted by molar-refractivity contribution is 7.93. The summed E-state index contributed by atoms with van der Waals surface area (Å²) in [4.78, 5) is 14.4. The summed E-state index contributed by atoms with van der Waals surface area (Å²) in [6.45, 7) is 8.26. The smallest absolute Gasteiger partial charge is 0.255 e. The third-order valence-corrected chi connectivity index (χ3v) is 6.76. The molecule has 3 rings (SSSR count). The average molecular weight is 450 g/mol. The van der Waals surface area contributed by atoms with Crippen molar-refractivity contribution in [2.24, 2.45) is 0 Å². The van der Waals surface area contributed by atoms with E-state index >= 15 is 0 Å². The van der Waals surface area contributed by atoms with Crippen LogP contribution in [0, 0.1) is 5.82 Å². The number of carbonyl (C=O) groups is 1. The van der Waals surface area contributed by atoms with Gasteiger partial charge in [0.1, 0.15) is 5.82 Å². The number of hydrogen-bond donors (Lipinski definition) is 2. The number of benzene rings is 2. The lowest BCUT2D eigenvalue weighted by atomic mass is 10.1. The minimum atomic E-state index is -3.46. The van der Waals surface area contributed by atoms with E-state index < -0.39 is 27.0 Å². The Morgan fingerprint density at radius 3 is 2.19 bits per heavy atom. The standard InChI is InChI=1S/C22H28FN3O4S/c1-14(2)31(28,29)25-18-7-5-17(6-8-18)22(27)24-19-9-10-21(20(23)11-19)26-12-15(3)30-16(4)13-26/h5-11,14-16,25H,12-13H2,1-4H3,(H,24,27). The van der Waals surface area contributed by atoms with Crippen LogP contribution in [0.3, 0.4) is 0 Å². The molecule has 2 aromatic carbocycles. The number of amides is 1. The molecule has 168 valence electrons. The normalized spacial score (nSPS) is 19.4. The minimum absolute atomic E-state index is 0.00974. The molecule has 1 fully saturated rings. The maximum absolute atomic E-state index is 14.7. The predicted molar refractivity (Wildman–Crippen MR) is 121 cm³/mol. The summed E-state index contributed by atoms with van der Waals surface area (Å²) in [5.41, 5.74) is 1.51. The van der Waals surface area contributed by atoms with Gasteiger partial charge in [0.15, 0.2) is 0 Å². The van der Waals surface area contributed by atoms with Gasteiger partial charge in [-0.1, -0.05) is 0 Å². The van der Waals surface area contributed by atoms with Gasteiger partial charge in [-0.2, -0.15) is 0 Å². The number of nitrogens with one attached hydrogen (secondary N) is 2. The van der Waals surface area contributed by atoms with Crippen molar-refractivity contribution in [2.45, 2.75) is 45.2 Å². The van der Waals surface area contributed by atoms with E-state index in [1.807, 2.05) is 18.7 Å². The molecule has 1 heterocycles. The van der Waals surface area contributed by atoms with Crippen molar-refractivity contribution in [1.82, 2.24) is 0 Å². The molecule has 0 bridgehead atoms. The van der Waals surface area contributed by atoms with E-state index in [0.29, 0.717) is 35.7 Å². The van der Waals surface area contributed by atoms with Crippen molar-refractivity contribution in [2.75, 3.05) is 28.0 Å². The van der Waals surface area contributed by atoms with E-state index in [1.54, 1.807) is 26.0 Å². The van der Waals surface area contributed by atoms with Crippen LogP contribution in [-0.2, 0) is 14.8 Å². The minimum Gasteiger partial charge on any atom is -0.372 e. The van der Waals surface area contributed by atoms with Gasteiger partial charge in [-0.05, 0) is 70.2 Å². The Bertz CT molecular complexity index is 1030. The molecule has 1 amide bonds. The van der Waals surface area contributed by atoms with Crippen LogP contribution in [0.2, 0.25) is 0 Å². The van der Waals surface area contributed by atoms with Gasteiger partial charge in [0, 0.05) is 30.0 Å². The molecule has 0 radical (unpaired) electrons. The lowest BCUT2D eigenvalue weighted by molar-refractivity contribution is -0.00539. The highest BCUT2D eigenvalue weighted by Gasteiger charge is 2.24. The quantitative estimate of drug-likeness (QED) is 0.700. The molecular formula is C22H28FN3O4S. The molecule has 1 saturated heterocycles. The molecule has 0 aromatic heterocycles. The fraction of sp³-hybridized carbons (Fsp3) is 0.409. The Morgan fingerprint density at radius 1 is 1.06 bits per heavy atom. The number of morpholine rings is 1. The van der Waals surface area contributed by atoms with Gasteiger partial charge in [0.25, 0.3) is 5.91 Å². The lowest BCUT2D eigenvalue weighted by Crippen LogP contribution is -2.45. The summed E-state index contributed by atoms with van der Waals surface area (Å²) < 4.78 is 46.7. The van der Waals surface area contributed by atoms with Crippen LogP contribution in [0.15, 0.2) is 42.5 Å². The van der Waals surface area contributed by atoms with E-state index in [-0.39, 0.29) is 12.2 Å². The van der Waals surface area contributed by atoms with Gasteiger partial charge >= 0.3 is 0 Å². The molecular weight excluding hydrogens is 421 g/mol. The van der Waals surface area contributed by atoms with Crippen LogP contribution in [0.25, 0.3) is 0 Å². The first-order chi connectivity index (χ1) is 14.5. The largest absolute Gasteiger partial charge is 0.372 e. The Morgan fingerprint density at radius 2 is 1.65 bits per heavy atom.